The molecule has 0 saturated heterocycles. The van der Waals surface area contributed by atoms with Gasteiger partial charge in [0.05, 0.1) is 34.1 Å². The molecule has 4 aromatic rings. The van der Waals surface area contributed by atoms with Gasteiger partial charge in [-0.05, 0) is 65.9 Å². The Kier molecular flexibility index (Phi) is 6.36. The minimum atomic E-state index is 0.0613. The third kappa shape index (κ3) is 4.20. The predicted octanol–water partition coefficient (Wildman–Crippen LogP) is 5.50. The first kappa shape index (κ1) is 22.9. The molecule has 8 heteroatoms. The van der Waals surface area contributed by atoms with Crippen molar-refractivity contribution in [2.45, 2.75) is 39.0 Å². The quantitative estimate of drug-likeness (QED) is 0.338. The number of aromatic nitrogens is 4. The normalized spacial score (nSPS) is 12.7. The molecule has 34 heavy (non-hydrogen) atoms. The Balaban J connectivity index is 1.71. The lowest BCUT2D eigenvalue weighted by molar-refractivity contribution is -0.127. The number of nitrogens with zero attached hydrogens (tertiary/aromatic N) is 5. The maximum atomic E-state index is 12.4. The van der Waals surface area contributed by atoms with E-state index in [1.54, 1.807) is 30.3 Å². The molecule has 3 heterocycles. The van der Waals surface area contributed by atoms with E-state index in [1.807, 2.05) is 29.1 Å². The van der Waals surface area contributed by atoms with Gasteiger partial charge in [-0.15, -0.1) is 11.3 Å². The van der Waals surface area contributed by atoms with Gasteiger partial charge in [-0.25, -0.2) is 9.67 Å². The molecule has 0 saturated carbocycles. The number of fused-ring (bicyclic) bond motifs is 3. The minimum Gasteiger partial charge on any atom is -0.348 e. The molecule has 0 fully saturated rings. The van der Waals surface area contributed by atoms with Gasteiger partial charge < -0.3 is 4.90 Å². The molecule has 0 N–H and O–H groups in total. The van der Waals surface area contributed by atoms with Crippen LogP contribution in [0.3, 0.4) is 0 Å². The number of carbonyl (C=O) groups is 1. The Morgan fingerprint density at radius 2 is 2.00 bits per heavy atom. The van der Waals surface area contributed by atoms with Crippen molar-refractivity contribution in [1.29, 1.82) is 0 Å². The van der Waals surface area contributed by atoms with Crippen LogP contribution in [0.4, 0.5) is 0 Å². The summed E-state index contributed by atoms with van der Waals surface area (Å²) in [5.41, 5.74) is 7.40. The fraction of sp³-hybridized carbons (Fsp3) is 0.308. The smallest absolute Gasteiger partial charge is 0.228 e. The van der Waals surface area contributed by atoms with Crippen LogP contribution in [0.25, 0.3) is 27.5 Å². The van der Waals surface area contributed by atoms with Crippen LogP contribution >= 0.6 is 27.3 Å². The number of rotatable bonds is 5. The second kappa shape index (κ2) is 9.43. The van der Waals surface area contributed by atoms with Gasteiger partial charge in [-0.3, -0.25) is 9.78 Å². The molecule has 0 aliphatic heterocycles. The van der Waals surface area contributed by atoms with Gasteiger partial charge in [0.25, 0.3) is 0 Å². The van der Waals surface area contributed by atoms with Crippen LogP contribution < -0.4 is 0 Å². The Morgan fingerprint density at radius 3 is 2.71 bits per heavy atom. The van der Waals surface area contributed by atoms with Crippen molar-refractivity contribution in [3.63, 3.8) is 0 Å². The van der Waals surface area contributed by atoms with E-state index in [1.165, 1.54) is 5.56 Å². The number of amides is 1. The van der Waals surface area contributed by atoms with E-state index >= 15 is 0 Å². The third-order valence-corrected chi connectivity index (χ3v) is 7.90. The Bertz CT molecular complexity index is 1360. The molecule has 1 aromatic carbocycles. The topological polar surface area (TPSA) is 63.9 Å². The highest BCUT2D eigenvalue weighted by molar-refractivity contribution is 9.10. The number of aryl methyl sites for hydroxylation is 2. The summed E-state index contributed by atoms with van der Waals surface area (Å²) < 4.78 is 3.02. The standard InChI is InChI=1S/C26H26BrN5OS/c1-4-17-13-12-16(15-28-17)24-18-8-7-10-20-26(34-22(29-20)14-23(33)31(2)3)25(18)32(30-24)21-11-6-5-9-19(21)27/h5-6,9,11-13,15H,4,7-8,10,14H2,1-3H3. The second-order valence-corrected chi connectivity index (χ2v) is 10.6. The third-order valence-electron chi connectivity index (χ3n) is 6.12. The summed E-state index contributed by atoms with van der Waals surface area (Å²) in [5.74, 6) is 0.0613. The van der Waals surface area contributed by atoms with Gasteiger partial charge in [0.1, 0.15) is 5.01 Å². The Morgan fingerprint density at radius 1 is 1.18 bits per heavy atom. The second-order valence-electron chi connectivity index (χ2n) is 8.63. The summed E-state index contributed by atoms with van der Waals surface area (Å²) in [5, 5.41) is 5.99. The lowest BCUT2D eigenvalue weighted by atomic mass is 10.0. The molecule has 0 atom stereocenters. The van der Waals surface area contributed by atoms with Crippen LogP contribution in [-0.4, -0.2) is 44.7 Å². The van der Waals surface area contributed by atoms with Gasteiger partial charge in [-0.2, -0.15) is 5.10 Å². The summed E-state index contributed by atoms with van der Waals surface area (Å²) >= 11 is 5.34. The number of likely N-dealkylation sites (N-methyl/N-ethyl adjacent to an activating group) is 1. The molecule has 0 unspecified atom stereocenters. The van der Waals surface area contributed by atoms with E-state index in [0.29, 0.717) is 6.42 Å². The zero-order valence-electron chi connectivity index (χ0n) is 19.5. The number of pyridine rings is 1. The first-order valence-electron chi connectivity index (χ1n) is 11.5. The molecule has 0 bridgehead atoms. The van der Waals surface area contributed by atoms with E-state index in [0.717, 1.165) is 74.1 Å². The minimum absolute atomic E-state index is 0.0613. The lowest BCUT2D eigenvalue weighted by Gasteiger charge is -2.09. The van der Waals surface area contributed by atoms with Crippen LogP contribution in [0.2, 0.25) is 0 Å². The van der Waals surface area contributed by atoms with Crippen molar-refractivity contribution < 1.29 is 4.79 Å². The van der Waals surface area contributed by atoms with E-state index < -0.39 is 0 Å². The van der Waals surface area contributed by atoms with E-state index in [-0.39, 0.29) is 5.91 Å². The molecule has 0 radical (unpaired) electrons. The first-order chi connectivity index (χ1) is 16.5. The maximum absolute atomic E-state index is 12.4. The van der Waals surface area contributed by atoms with Crippen molar-refractivity contribution in [3.8, 4) is 27.5 Å². The molecule has 3 aromatic heterocycles. The predicted molar refractivity (Wildman–Crippen MR) is 139 cm³/mol. The molecule has 6 nitrogen and oxygen atoms in total. The maximum Gasteiger partial charge on any atom is 0.228 e. The number of thiazole rings is 1. The summed E-state index contributed by atoms with van der Waals surface area (Å²) in [6.07, 6.45) is 5.95. The number of carbonyl (C=O) groups excluding carboxylic acids is 1. The monoisotopic (exact) mass is 535 g/mol. The summed E-state index contributed by atoms with van der Waals surface area (Å²) in [6, 6.07) is 12.3. The van der Waals surface area contributed by atoms with Crippen LogP contribution in [-0.2, 0) is 30.5 Å². The van der Waals surface area contributed by atoms with Crippen molar-refractivity contribution in [3.05, 3.63) is 69.0 Å². The molecule has 174 valence electrons. The van der Waals surface area contributed by atoms with Gasteiger partial charge in [-0.1, -0.05) is 19.1 Å². The summed E-state index contributed by atoms with van der Waals surface area (Å²) in [4.78, 5) is 24.6. The van der Waals surface area contributed by atoms with Crippen LogP contribution in [0.5, 0.6) is 0 Å². The van der Waals surface area contributed by atoms with Gasteiger partial charge >= 0.3 is 0 Å². The van der Waals surface area contributed by atoms with Crippen molar-refractivity contribution in [1.82, 2.24) is 24.6 Å². The molecular formula is C26H26BrN5OS. The van der Waals surface area contributed by atoms with Gasteiger partial charge in [0.15, 0.2) is 0 Å². The van der Waals surface area contributed by atoms with Crippen LogP contribution in [0, 0.1) is 0 Å². The van der Waals surface area contributed by atoms with E-state index in [4.69, 9.17) is 10.1 Å². The number of hydrogen-bond donors (Lipinski definition) is 0. The summed E-state index contributed by atoms with van der Waals surface area (Å²) in [6.45, 7) is 2.11. The van der Waals surface area contributed by atoms with E-state index in [2.05, 4.69) is 46.0 Å². The van der Waals surface area contributed by atoms with Crippen molar-refractivity contribution >= 4 is 33.2 Å². The van der Waals surface area contributed by atoms with Crippen LogP contribution in [0.1, 0.15) is 35.3 Å². The van der Waals surface area contributed by atoms with E-state index in [9.17, 15) is 4.79 Å². The average molecular weight is 536 g/mol. The highest BCUT2D eigenvalue weighted by atomic mass is 79.9. The first-order valence-corrected chi connectivity index (χ1v) is 13.1. The molecule has 1 amide bonds. The zero-order chi connectivity index (χ0) is 23.8. The molecular weight excluding hydrogens is 510 g/mol. The Hall–Kier alpha value is -2.84. The average Bonchev–Trinajstić information content (AvgIpc) is 3.35. The molecule has 0 spiro atoms. The number of halogens is 1. The fourth-order valence-electron chi connectivity index (χ4n) is 4.27. The fourth-order valence-corrected chi connectivity index (χ4v) is 5.89. The number of para-hydroxylation sites is 1. The highest BCUT2D eigenvalue weighted by Gasteiger charge is 2.29. The lowest BCUT2D eigenvalue weighted by Crippen LogP contribution is -2.23. The Labute approximate surface area is 211 Å². The number of benzene rings is 1. The van der Waals surface area contributed by atoms with Crippen molar-refractivity contribution in [2.75, 3.05) is 14.1 Å². The van der Waals surface area contributed by atoms with Gasteiger partial charge in [0, 0.05) is 41.6 Å². The number of hydrogen-bond acceptors (Lipinski definition) is 5. The van der Waals surface area contributed by atoms with Crippen molar-refractivity contribution in [2.24, 2.45) is 0 Å². The summed E-state index contributed by atoms with van der Waals surface area (Å²) in [7, 11) is 3.57. The molecule has 1 aliphatic rings. The van der Waals surface area contributed by atoms with Gasteiger partial charge in [0.2, 0.25) is 5.91 Å². The highest BCUT2D eigenvalue weighted by Crippen LogP contribution is 2.43. The molecule has 5 rings (SSSR count). The SMILES string of the molecule is CCc1ccc(-c2nn(-c3ccccc3Br)c3c2CCCc2nc(CC(=O)N(C)C)sc2-3)cn1. The van der Waals surface area contributed by atoms with Crippen LogP contribution in [0.15, 0.2) is 47.1 Å². The molecule has 1 aliphatic carbocycles. The largest absolute Gasteiger partial charge is 0.348 e. The zero-order valence-corrected chi connectivity index (χ0v) is 21.9.